The lowest BCUT2D eigenvalue weighted by Gasteiger charge is -2.37. The molecule has 0 unspecified atom stereocenters. The standard InChI is InChI=1S/C24H30FN3O5S/c1-5-8-18-11-19-23(26-12-18)33-21(16(2)13-28(24(19)30)17(3)15-29)14-27(4)34(31,32)22-10-7-6-9-20(22)25/h5-12,16-17,21,29H,13-15H2,1-4H3/b8-5+/t16-,17-,21+/m0/s1. The maximum absolute atomic E-state index is 14.2. The summed E-state index contributed by atoms with van der Waals surface area (Å²) in [5, 5.41) is 9.74. The Labute approximate surface area is 199 Å². The highest BCUT2D eigenvalue weighted by Gasteiger charge is 2.36. The molecule has 1 aromatic carbocycles. The fourth-order valence-corrected chi connectivity index (χ4v) is 5.04. The number of hydrogen-bond donors (Lipinski definition) is 1. The SMILES string of the molecule is C/C=C/c1cnc2c(c1)C(=O)N([C@@H](C)CO)C[C@H](C)[C@@H](CN(C)S(=O)(=O)c1ccccc1F)O2. The second-order valence-corrected chi connectivity index (χ2v) is 10.5. The Bertz CT molecular complexity index is 1170. The molecule has 34 heavy (non-hydrogen) atoms. The first-order valence-electron chi connectivity index (χ1n) is 11.0. The molecular weight excluding hydrogens is 461 g/mol. The molecule has 1 aliphatic rings. The number of halogens is 1. The van der Waals surface area contributed by atoms with E-state index in [0.29, 0.717) is 5.56 Å². The Hall–Kier alpha value is -2.82. The molecular formula is C24H30FN3O5S. The van der Waals surface area contributed by atoms with Gasteiger partial charge in [-0.25, -0.2) is 17.8 Å². The number of allylic oxidation sites excluding steroid dienone is 1. The number of fused-ring (bicyclic) bond motifs is 1. The summed E-state index contributed by atoms with van der Waals surface area (Å²) < 4.78 is 47.4. The van der Waals surface area contributed by atoms with Crippen LogP contribution in [0.3, 0.4) is 0 Å². The molecule has 1 aliphatic heterocycles. The van der Waals surface area contributed by atoms with Gasteiger partial charge in [0.2, 0.25) is 15.9 Å². The maximum Gasteiger partial charge on any atom is 0.259 e. The molecule has 1 N–H and O–H groups in total. The highest BCUT2D eigenvalue weighted by molar-refractivity contribution is 7.89. The van der Waals surface area contributed by atoms with E-state index in [2.05, 4.69) is 4.98 Å². The van der Waals surface area contributed by atoms with Gasteiger partial charge in [-0.2, -0.15) is 4.31 Å². The van der Waals surface area contributed by atoms with Crippen molar-refractivity contribution in [3.8, 4) is 5.88 Å². The van der Waals surface area contributed by atoms with Gasteiger partial charge < -0.3 is 14.7 Å². The lowest BCUT2D eigenvalue weighted by molar-refractivity contribution is 0.0373. The van der Waals surface area contributed by atoms with E-state index in [0.717, 1.165) is 10.4 Å². The first-order valence-corrected chi connectivity index (χ1v) is 12.5. The number of carbonyl (C=O) groups excluding carboxylic acids is 1. The van der Waals surface area contributed by atoms with Crippen molar-refractivity contribution in [1.29, 1.82) is 0 Å². The molecule has 0 radical (unpaired) electrons. The van der Waals surface area contributed by atoms with Crippen molar-refractivity contribution in [2.24, 2.45) is 5.92 Å². The van der Waals surface area contributed by atoms with Crippen LogP contribution >= 0.6 is 0 Å². The van der Waals surface area contributed by atoms with Crippen molar-refractivity contribution in [3.63, 3.8) is 0 Å². The molecule has 1 amide bonds. The lowest BCUT2D eigenvalue weighted by atomic mass is 10.00. The van der Waals surface area contributed by atoms with Gasteiger partial charge in [0.05, 0.1) is 19.2 Å². The van der Waals surface area contributed by atoms with Gasteiger partial charge in [0.25, 0.3) is 5.91 Å². The van der Waals surface area contributed by atoms with Gasteiger partial charge in [0, 0.05) is 25.7 Å². The summed E-state index contributed by atoms with van der Waals surface area (Å²) in [6.45, 7) is 5.32. The van der Waals surface area contributed by atoms with Crippen LogP contribution in [-0.4, -0.2) is 72.5 Å². The van der Waals surface area contributed by atoms with Crippen molar-refractivity contribution in [2.45, 2.75) is 37.8 Å². The third kappa shape index (κ3) is 5.29. The third-order valence-electron chi connectivity index (χ3n) is 5.86. The van der Waals surface area contributed by atoms with Gasteiger partial charge in [0.15, 0.2) is 0 Å². The quantitative estimate of drug-likeness (QED) is 0.639. The number of nitrogens with zero attached hydrogens (tertiary/aromatic N) is 3. The molecule has 1 aromatic heterocycles. The molecule has 0 saturated heterocycles. The summed E-state index contributed by atoms with van der Waals surface area (Å²) in [6.07, 6.45) is 4.49. The summed E-state index contributed by atoms with van der Waals surface area (Å²) in [5.41, 5.74) is 0.937. The van der Waals surface area contributed by atoms with E-state index in [9.17, 15) is 22.7 Å². The van der Waals surface area contributed by atoms with Gasteiger partial charge in [-0.1, -0.05) is 31.2 Å². The fraction of sp³-hybridized carbons (Fsp3) is 0.417. The molecule has 8 nitrogen and oxygen atoms in total. The van der Waals surface area contributed by atoms with Crippen molar-refractivity contribution in [1.82, 2.24) is 14.2 Å². The van der Waals surface area contributed by atoms with Crippen LogP contribution in [-0.2, 0) is 10.0 Å². The van der Waals surface area contributed by atoms with E-state index in [-0.39, 0.29) is 43.0 Å². The van der Waals surface area contributed by atoms with E-state index in [1.54, 1.807) is 30.2 Å². The number of aliphatic hydroxyl groups is 1. The average molecular weight is 492 g/mol. The van der Waals surface area contributed by atoms with E-state index >= 15 is 0 Å². The summed E-state index contributed by atoms with van der Waals surface area (Å²) in [4.78, 5) is 18.8. The smallest absolute Gasteiger partial charge is 0.259 e. The summed E-state index contributed by atoms with van der Waals surface area (Å²) >= 11 is 0. The number of sulfonamides is 1. The number of amides is 1. The van der Waals surface area contributed by atoms with Crippen LogP contribution in [0.25, 0.3) is 6.08 Å². The fourth-order valence-electron chi connectivity index (χ4n) is 3.79. The number of likely N-dealkylation sites (N-methyl/N-ethyl adjacent to an activating group) is 1. The predicted molar refractivity (Wildman–Crippen MR) is 126 cm³/mol. The van der Waals surface area contributed by atoms with Crippen molar-refractivity contribution in [2.75, 3.05) is 26.7 Å². The first-order chi connectivity index (χ1) is 16.1. The van der Waals surface area contributed by atoms with Crippen LogP contribution in [0.15, 0.2) is 47.5 Å². The monoisotopic (exact) mass is 491 g/mol. The molecule has 10 heteroatoms. The number of benzene rings is 1. The van der Waals surface area contributed by atoms with Crippen molar-refractivity contribution < 1.29 is 27.4 Å². The molecule has 0 fully saturated rings. The van der Waals surface area contributed by atoms with Crippen LogP contribution in [0, 0.1) is 11.7 Å². The zero-order valence-electron chi connectivity index (χ0n) is 19.7. The average Bonchev–Trinajstić information content (AvgIpc) is 2.81. The van der Waals surface area contributed by atoms with Crippen molar-refractivity contribution >= 4 is 22.0 Å². The zero-order chi connectivity index (χ0) is 25.0. The topological polar surface area (TPSA) is 100 Å². The normalized spacial score (nSPS) is 20.1. The van der Waals surface area contributed by atoms with Gasteiger partial charge >= 0.3 is 0 Å². The molecule has 2 heterocycles. The maximum atomic E-state index is 14.2. The summed E-state index contributed by atoms with van der Waals surface area (Å²) in [5.74, 6) is -1.39. The minimum Gasteiger partial charge on any atom is -0.472 e. The zero-order valence-corrected chi connectivity index (χ0v) is 20.5. The Balaban J connectivity index is 1.99. The van der Waals surface area contributed by atoms with Gasteiger partial charge in [-0.3, -0.25) is 4.79 Å². The van der Waals surface area contributed by atoms with E-state index in [1.165, 1.54) is 25.2 Å². The van der Waals surface area contributed by atoms with E-state index in [1.807, 2.05) is 19.9 Å². The predicted octanol–water partition coefficient (Wildman–Crippen LogP) is 2.79. The highest BCUT2D eigenvalue weighted by Crippen LogP contribution is 2.28. The minimum absolute atomic E-state index is 0.0848. The minimum atomic E-state index is -4.12. The Kier molecular flexibility index (Phi) is 8.06. The van der Waals surface area contributed by atoms with E-state index < -0.39 is 32.9 Å². The molecule has 3 rings (SSSR count). The van der Waals surface area contributed by atoms with Gasteiger partial charge in [0.1, 0.15) is 22.4 Å². The number of rotatable bonds is 7. The van der Waals surface area contributed by atoms with Crippen LogP contribution in [0.5, 0.6) is 5.88 Å². The molecule has 0 bridgehead atoms. The largest absolute Gasteiger partial charge is 0.472 e. The third-order valence-corrected chi connectivity index (χ3v) is 7.72. The van der Waals surface area contributed by atoms with Crippen LogP contribution in [0.2, 0.25) is 0 Å². The summed E-state index contributed by atoms with van der Waals surface area (Å²) in [6, 6.07) is 6.39. The number of aliphatic hydroxyl groups excluding tert-OH is 1. The molecule has 2 aromatic rings. The molecule has 184 valence electrons. The van der Waals surface area contributed by atoms with Gasteiger partial charge in [-0.05, 0) is 37.6 Å². The Morgan fingerprint density at radius 2 is 2.09 bits per heavy atom. The van der Waals surface area contributed by atoms with Crippen LogP contribution in [0.1, 0.15) is 36.7 Å². The van der Waals surface area contributed by atoms with Gasteiger partial charge in [-0.15, -0.1) is 0 Å². The second-order valence-electron chi connectivity index (χ2n) is 8.46. The van der Waals surface area contributed by atoms with Crippen molar-refractivity contribution in [3.05, 3.63) is 59.5 Å². The number of ether oxygens (including phenoxy) is 1. The van der Waals surface area contributed by atoms with E-state index in [4.69, 9.17) is 4.74 Å². The van der Waals surface area contributed by atoms with Crippen LogP contribution < -0.4 is 4.74 Å². The number of pyridine rings is 1. The first kappa shape index (κ1) is 25.8. The second kappa shape index (κ2) is 10.6. The number of hydrogen-bond acceptors (Lipinski definition) is 6. The highest BCUT2D eigenvalue weighted by atomic mass is 32.2. The molecule has 0 saturated carbocycles. The Morgan fingerprint density at radius 3 is 2.74 bits per heavy atom. The Morgan fingerprint density at radius 1 is 1.38 bits per heavy atom. The summed E-state index contributed by atoms with van der Waals surface area (Å²) in [7, 11) is -2.76. The molecule has 0 aliphatic carbocycles. The lowest BCUT2D eigenvalue weighted by Crippen LogP contribution is -2.50. The molecule has 0 spiro atoms. The molecule has 3 atom stereocenters. The number of carbonyl (C=O) groups is 1. The number of aromatic nitrogens is 1. The van der Waals surface area contributed by atoms with Crippen LogP contribution in [0.4, 0.5) is 4.39 Å².